The molecule has 0 spiro atoms. The molecule has 0 amide bonds. The Labute approximate surface area is 84.5 Å². The average molecular weight is 185 g/mol. The van der Waals surface area contributed by atoms with Crippen LogP contribution in [0.4, 0.5) is 0 Å². The van der Waals surface area contributed by atoms with Gasteiger partial charge >= 0.3 is 0 Å². The van der Waals surface area contributed by atoms with E-state index >= 15 is 0 Å². The summed E-state index contributed by atoms with van der Waals surface area (Å²) in [5.41, 5.74) is 0. The Hall–Kier alpha value is -0.0400. The van der Waals surface area contributed by atoms with Gasteiger partial charge in [0, 0.05) is 6.04 Å². The summed E-state index contributed by atoms with van der Waals surface area (Å²) in [6.07, 6.45) is 8.39. The summed E-state index contributed by atoms with van der Waals surface area (Å²) in [5.74, 6) is 0. The molecule has 0 aromatic rings. The van der Waals surface area contributed by atoms with Crippen LogP contribution < -0.4 is 0 Å². The lowest BCUT2D eigenvalue weighted by Gasteiger charge is -2.26. The monoisotopic (exact) mass is 185 g/mol. The predicted octanol–water partition coefficient (Wildman–Crippen LogP) is 3.69. The zero-order chi connectivity index (χ0) is 8.81. The highest BCUT2D eigenvalue weighted by Crippen LogP contribution is 2.18. The average Bonchev–Trinajstić information content (AvgIpc) is 2.56. The van der Waals surface area contributed by atoms with Gasteiger partial charge in [-0.05, 0) is 38.8 Å². The number of likely N-dealkylation sites (tertiary alicyclic amines) is 1. The van der Waals surface area contributed by atoms with Gasteiger partial charge in [0.05, 0.1) is 0 Å². The van der Waals surface area contributed by atoms with E-state index < -0.39 is 0 Å². The zero-order valence-electron chi connectivity index (χ0n) is 8.68. The minimum Gasteiger partial charge on any atom is -0.300 e. The summed E-state index contributed by atoms with van der Waals surface area (Å²) in [4.78, 5) is 2.70. The van der Waals surface area contributed by atoms with Crippen LogP contribution in [0.25, 0.3) is 0 Å². The van der Waals surface area contributed by atoms with Crippen molar-refractivity contribution in [2.24, 2.45) is 0 Å². The molecule has 0 radical (unpaired) electrons. The molecule has 1 saturated heterocycles. The van der Waals surface area contributed by atoms with E-state index in [4.69, 9.17) is 0 Å². The first-order valence-electron chi connectivity index (χ1n) is 5.62. The van der Waals surface area contributed by atoms with E-state index in [-0.39, 0.29) is 7.43 Å². The van der Waals surface area contributed by atoms with Crippen LogP contribution >= 0.6 is 0 Å². The van der Waals surface area contributed by atoms with Crippen molar-refractivity contribution in [1.29, 1.82) is 0 Å². The molecule has 1 fully saturated rings. The van der Waals surface area contributed by atoms with Crippen molar-refractivity contribution in [1.82, 2.24) is 4.90 Å². The molecule has 0 aliphatic carbocycles. The number of hydrogen-bond donors (Lipinski definition) is 0. The maximum atomic E-state index is 2.70. The highest BCUT2D eigenvalue weighted by Gasteiger charge is 2.19. The van der Waals surface area contributed by atoms with Crippen LogP contribution in [0.15, 0.2) is 0 Å². The minimum absolute atomic E-state index is 0. The molecule has 1 heterocycles. The minimum atomic E-state index is 0. The highest BCUT2D eigenvalue weighted by atomic mass is 15.2. The fourth-order valence-electron chi connectivity index (χ4n) is 2.28. The van der Waals surface area contributed by atoms with Gasteiger partial charge in [-0.3, -0.25) is 0 Å². The molecule has 0 atom stereocenters. The van der Waals surface area contributed by atoms with Gasteiger partial charge < -0.3 is 4.90 Å². The molecule has 0 unspecified atom stereocenters. The van der Waals surface area contributed by atoms with Crippen molar-refractivity contribution in [3.05, 3.63) is 0 Å². The van der Waals surface area contributed by atoms with Crippen LogP contribution in [0, 0.1) is 0 Å². The molecular weight excluding hydrogens is 158 g/mol. The lowest BCUT2D eigenvalue weighted by atomic mass is 10.1. The summed E-state index contributed by atoms with van der Waals surface area (Å²) in [6.45, 7) is 7.34. The third kappa shape index (κ3) is 4.12. The molecule has 0 N–H and O–H groups in total. The Morgan fingerprint density at radius 2 is 1.46 bits per heavy atom. The lowest BCUT2D eigenvalue weighted by molar-refractivity contribution is 0.216. The third-order valence-electron chi connectivity index (χ3n) is 2.90. The van der Waals surface area contributed by atoms with Crippen LogP contribution in [0.2, 0.25) is 0 Å². The van der Waals surface area contributed by atoms with E-state index in [9.17, 15) is 0 Å². The van der Waals surface area contributed by atoms with Crippen molar-refractivity contribution in [3.8, 4) is 0 Å². The molecule has 0 bridgehead atoms. The fourth-order valence-corrected chi connectivity index (χ4v) is 2.28. The largest absolute Gasteiger partial charge is 0.300 e. The van der Waals surface area contributed by atoms with Crippen molar-refractivity contribution >= 4 is 0 Å². The SMILES string of the molecule is C.CCCC(CCC)N1CCCC1. The van der Waals surface area contributed by atoms with Gasteiger partial charge in [0.25, 0.3) is 0 Å². The van der Waals surface area contributed by atoms with E-state index in [0.29, 0.717) is 0 Å². The molecule has 1 rings (SSSR count). The predicted molar refractivity (Wildman–Crippen MR) is 61.1 cm³/mol. The van der Waals surface area contributed by atoms with E-state index in [1.54, 1.807) is 0 Å². The van der Waals surface area contributed by atoms with Crippen LogP contribution in [0.1, 0.15) is 59.8 Å². The van der Waals surface area contributed by atoms with Gasteiger partial charge in [-0.15, -0.1) is 0 Å². The number of hydrogen-bond acceptors (Lipinski definition) is 1. The Balaban J connectivity index is 0.00000144. The molecule has 1 aliphatic heterocycles. The van der Waals surface area contributed by atoms with E-state index in [1.165, 1.54) is 51.6 Å². The van der Waals surface area contributed by atoms with Gasteiger partial charge in [-0.2, -0.15) is 0 Å². The summed E-state index contributed by atoms with van der Waals surface area (Å²) in [7, 11) is 0. The van der Waals surface area contributed by atoms with Gasteiger partial charge in [-0.1, -0.05) is 34.1 Å². The Bertz CT molecular complexity index is 99.7. The Morgan fingerprint density at radius 1 is 1.00 bits per heavy atom. The summed E-state index contributed by atoms with van der Waals surface area (Å²) < 4.78 is 0. The number of rotatable bonds is 5. The zero-order valence-corrected chi connectivity index (χ0v) is 8.68. The second-order valence-electron chi connectivity index (χ2n) is 3.97. The highest BCUT2D eigenvalue weighted by molar-refractivity contribution is 4.75. The maximum absolute atomic E-state index is 2.70. The first-order chi connectivity index (χ1) is 5.88. The summed E-state index contributed by atoms with van der Waals surface area (Å²) in [5, 5.41) is 0. The molecule has 1 aliphatic rings. The van der Waals surface area contributed by atoms with Crippen LogP contribution in [-0.2, 0) is 0 Å². The smallest absolute Gasteiger partial charge is 0.00950 e. The molecule has 0 saturated carbocycles. The first-order valence-corrected chi connectivity index (χ1v) is 5.62. The van der Waals surface area contributed by atoms with Crippen LogP contribution in [-0.4, -0.2) is 24.0 Å². The molecule has 0 aromatic heterocycles. The second-order valence-corrected chi connectivity index (χ2v) is 3.97. The van der Waals surface area contributed by atoms with Crippen molar-refractivity contribution in [3.63, 3.8) is 0 Å². The molecule has 80 valence electrons. The lowest BCUT2D eigenvalue weighted by Crippen LogP contribution is -2.32. The molecule has 1 heteroatoms. The third-order valence-corrected chi connectivity index (χ3v) is 2.90. The van der Waals surface area contributed by atoms with E-state index in [2.05, 4.69) is 18.7 Å². The van der Waals surface area contributed by atoms with E-state index in [0.717, 1.165) is 6.04 Å². The van der Waals surface area contributed by atoms with Gasteiger partial charge in [0.2, 0.25) is 0 Å². The van der Waals surface area contributed by atoms with Crippen molar-refractivity contribution in [2.45, 2.75) is 65.8 Å². The van der Waals surface area contributed by atoms with Gasteiger partial charge in [0.15, 0.2) is 0 Å². The van der Waals surface area contributed by atoms with Gasteiger partial charge in [-0.25, -0.2) is 0 Å². The topological polar surface area (TPSA) is 3.24 Å². The van der Waals surface area contributed by atoms with Crippen molar-refractivity contribution in [2.75, 3.05) is 13.1 Å². The summed E-state index contributed by atoms with van der Waals surface area (Å²) >= 11 is 0. The molecular formula is C12H27N. The molecule has 1 nitrogen and oxygen atoms in total. The second kappa shape index (κ2) is 7.37. The Kier molecular flexibility index (Phi) is 7.35. The molecule has 13 heavy (non-hydrogen) atoms. The number of nitrogens with zero attached hydrogens (tertiary/aromatic N) is 1. The quantitative estimate of drug-likeness (QED) is 0.631. The van der Waals surface area contributed by atoms with Crippen molar-refractivity contribution < 1.29 is 0 Å². The van der Waals surface area contributed by atoms with Crippen LogP contribution in [0.3, 0.4) is 0 Å². The van der Waals surface area contributed by atoms with Crippen LogP contribution in [0.5, 0.6) is 0 Å². The fraction of sp³-hybridized carbons (Fsp3) is 1.00. The normalized spacial score (nSPS) is 17.8. The van der Waals surface area contributed by atoms with Gasteiger partial charge in [0.1, 0.15) is 0 Å². The molecule has 0 aromatic carbocycles. The summed E-state index contributed by atoms with van der Waals surface area (Å²) in [6, 6.07) is 0.905. The Morgan fingerprint density at radius 3 is 1.85 bits per heavy atom. The maximum Gasteiger partial charge on any atom is 0.00950 e. The first kappa shape index (κ1) is 13.0. The standard InChI is InChI=1S/C11H23N.CH4/c1-3-7-11(8-4-2)12-9-5-6-10-12;/h11H,3-10H2,1-2H3;1H4. The van der Waals surface area contributed by atoms with E-state index in [1.807, 2.05) is 0 Å².